The third-order valence-corrected chi connectivity index (χ3v) is 3.54. The average Bonchev–Trinajstić information content (AvgIpc) is 2.81. The summed E-state index contributed by atoms with van der Waals surface area (Å²) >= 11 is 1.50. The van der Waals surface area contributed by atoms with E-state index in [0.29, 0.717) is 12.6 Å². The molecule has 1 rings (SSSR count). The maximum Gasteiger partial charge on any atom is 0.188 e. The average molecular weight is 271 g/mol. The Kier molecular flexibility index (Phi) is 5.58. The van der Waals surface area contributed by atoms with Crippen LogP contribution >= 0.6 is 11.3 Å². The highest BCUT2D eigenvalue weighted by Gasteiger charge is 2.23. The Hall–Kier alpha value is -1.11. The van der Waals surface area contributed by atoms with Gasteiger partial charge in [0.2, 0.25) is 0 Å². The highest BCUT2D eigenvalue weighted by molar-refractivity contribution is 7.10. The van der Waals surface area contributed by atoms with Crippen LogP contribution in [0.2, 0.25) is 0 Å². The Balaban J connectivity index is 2.52. The van der Waals surface area contributed by atoms with Crippen molar-refractivity contribution in [1.82, 2.24) is 5.32 Å². The molecule has 5 nitrogen and oxygen atoms in total. The van der Waals surface area contributed by atoms with Crippen LogP contribution in [-0.2, 0) is 10.3 Å². The molecule has 0 fully saturated rings. The number of guanidine groups is 1. The van der Waals surface area contributed by atoms with Gasteiger partial charge in [0, 0.05) is 18.0 Å². The van der Waals surface area contributed by atoms with Gasteiger partial charge in [0.1, 0.15) is 5.60 Å². The Morgan fingerprint density at radius 1 is 1.72 bits per heavy atom. The number of rotatable bonds is 6. The lowest BCUT2D eigenvalue weighted by atomic mass is 10.1. The van der Waals surface area contributed by atoms with Gasteiger partial charge in [-0.3, -0.25) is 4.99 Å². The van der Waals surface area contributed by atoms with Crippen LogP contribution in [-0.4, -0.2) is 37.4 Å². The lowest BCUT2D eigenvalue weighted by Gasteiger charge is -2.20. The number of methoxy groups -OCH3 is 1. The molecule has 2 unspecified atom stereocenters. The summed E-state index contributed by atoms with van der Waals surface area (Å²) in [5, 5.41) is 15.2. The Bertz CT molecular complexity index is 377. The van der Waals surface area contributed by atoms with E-state index in [9.17, 15) is 5.11 Å². The Morgan fingerprint density at radius 2 is 2.44 bits per heavy atom. The van der Waals surface area contributed by atoms with Gasteiger partial charge in [0.05, 0.1) is 13.2 Å². The molecule has 102 valence electrons. The van der Waals surface area contributed by atoms with Crippen LogP contribution in [0.4, 0.5) is 0 Å². The zero-order chi connectivity index (χ0) is 13.6. The summed E-state index contributed by atoms with van der Waals surface area (Å²) in [5.74, 6) is 0.316. The molecule has 1 aromatic heterocycles. The zero-order valence-electron chi connectivity index (χ0n) is 11.0. The summed E-state index contributed by atoms with van der Waals surface area (Å²) in [6.45, 7) is 4.46. The van der Waals surface area contributed by atoms with Gasteiger partial charge in [-0.25, -0.2) is 0 Å². The molecule has 18 heavy (non-hydrogen) atoms. The molecule has 2 atom stereocenters. The van der Waals surface area contributed by atoms with Gasteiger partial charge in [0.25, 0.3) is 0 Å². The monoisotopic (exact) mass is 271 g/mol. The molecule has 4 N–H and O–H groups in total. The zero-order valence-corrected chi connectivity index (χ0v) is 11.8. The van der Waals surface area contributed by atoms with Gasteiger partial charge < -0.3 is 20.9 Å². The van der Waals surface area contributed by atoms with Crippen LogP contribution in [0.25, 0.3) is 0 Å². The Morgan fingerprint density at radius 3 is 3.00 bits per heavy atom. The summed E-state index contributed by atoms with van der Waals surface area (Å²) < 4.78 is 4.99. The van der Waals surface area contributed by atoms with E-state index >= 15 is 0 Å². The van der Waals surface area contributed by atoms with Crippen LogP contribution in [0.5, 0.6) is 0 Å². The van der Waals surface area contributed by atoms with Crippen molar-refractivity contribution in [2.24, 2.45) is 10.7 Å². The second kappa shape index (κ2) is 6.72. The molecule has 0 aliphatic carbocycles. The number of aliphatic hydroxyl groups is 1. The number of hydrogen-bond donors (Lipinski definition) is 3. The SMILES string of the molecule is COCC(C)NC(N)=NCC(C)(O)c1cccs1. The lowest BCUT2D eigenvalue weighted by molar-refractivity contribution is 0.0711. The van der Waals surface area contributed by atoms with E-state index in [2.05, 4.69) is 10.3 Å². The lowest BCUT2D eigenvalue weighted by Crippen LogP contribution is -2.41. The number of ether oxygens (including phenoxy) is 1. The molecule has 0 saturated carbocycles. The first-order valence-corrected chi connectivity index (χ1v) is 6.65. The van der Waals surface area contributed by atoms with Crippen LogP contribution in [0.1, 0.15) is 18.7 Å². The highest BCUT2D eigenvalue weighted by Crippen LogP contribution is 2.25. The van der Waals surface area contributed by atoms with Crippen molar-refractivity contribution in [3.8, 4) is 0 Å². The van der Waals surface area contributed by atoms with Gasteiger partial charge >= 0.3 is 0 Å². The van der Waals surface area contributed by atoms with E-state index in [1.807, 2.05) is 24.4 Å². The first-order chi connectivity index (χ1) is 8.45. The summed E-state index contributed by atoms with van der Waals surface area (Å²) in [6.07, 6.45) is 0. The standard InChI is InChI=1S/C12H21N3O2S/c1-9(7-17-3)15-11(13)14-8-12(2,16)10-5-4-6-18-10/h4-6,9,16H,7-8H2,1-3H3,(H3,13,14,15). The molecule has 0 amide bonds. The molecule has 0 radical (unpaired) electrons. The minimum atomic E-state index is -0.981. The van der Waals surface area contributed by atoms with Crippen molar-refractivity contribution in [2.45, 2.75) is 25.5 Å². The van der Waals surface area contributed by atoms with Gasteiger partial charge in [-0.15, -0.1) is 11.3 Å². The number of aliphatic imine (C=N–C) groups is 1. The molecule has 0 bridgehead atoms. The van der Waals surface area contributed by atoms with Gasteiger partial charge in [-0.05, 0) is 25.3 Å². The second-order valence-electron chi connectivity index (χ2n) is 4.45. The third-order valence-electron chi connectivity index (χ3n) is 2.42. The fourth-order valence-corrected chi connectivity index (χ4v) is 2.27. The van der Waals surface area contributed by atoms with Crippen molar-refractivity contribution in [1.29, 1.82) is 0 Å². The summed E-state index contributed by atoms with van der Waals surface area (Å²) in [4.78, 5) is 5.04. The van der Waals surface area contributed by atoms with E-state index in [1.165, 1.54) is 11.3 Å². The third kappa shape index (κ3) is 4.64. The number of hydrogen-bond acceptors (Lipinski definition) is 4. The largest absolute Gasteiger partial charge is 0.383 e. The second-order valence-corrected chi connectivity index (χ2v) is 5.40. The van der Waals surface area contributed by atoms with E-state index in [-0.39, 0.29) is 12.6 Å². The van der Waals surface area contributed by atoms with Gasteiger partial charge in [-0.1, -0.05) is 6.07 Å². The van der Waals surface area contributed by atoms with E-state index in [0.717, 1.165) is 4.88 Å². The van der Waals surface area contributed by atoms with Crippen molar-refractivity contribution in [2.75, 3.05) is 20.3 Å². The van der Waals surface area contributed by atoms with Gasteiger partial charge in [0.15, 0.2) is 5.96 Å². The summed E-state index contributed by atoms with van der Waals surface area (Å²) in [6, 6.07) is 3.88. The first-order valence-electron chi connectivity index (χ1n) is 5.77. The number of nitrogens with two attached hydrogens (primary N) is 1. The van der Waals surface area contributed by atoms with Crippen LogP contribution < -0.4 is 11.1 Å². The number of nitrogens with one attached hydrogen (secondary N) is 1. The normalized spacial score (nSPS) is 17.2. The molecular weight excluding hydrogens is 250 g/mol. The molecule has 0 aromatic carbocycles. The van der Waals surface area contributed by atoms with Crippen molar-refractivity contribution in [3.63, 3.8) is 0 Å². The van der Waals surface area contributed by atoms with Crippen LogP contribution in [0, 0.1) is 0 Å². The summed E-state index contributed by atoms with van der Waals surface area (Å²) in [5.41, 5.74) is 4.76. The smallest absolute Gasteiger partial charge is 0.188 e. The molecule has 0 aliphatic rings. The molecule has 1 heterocycles. The molecule has 0 aliphatic heterocycles. The number of thiophene rings is 1. The molecule has 0 saturated heterocycles. The Labute approximate surface area is 112 Å². The van der Waals surface area contributed by atoms with Crippen molar-refractivity contribution >= 4 is 17.3 Å². The topological polar surface area (TPSA) is 79.9 Å². The van der Waals surface area contributed by atoms with E-state index in [1.54, 1.807) is 14.0 Å². The van der Waals surface area contributed by atoms with Crippen molar-refractivity contribution < 1.29 is 9.84 Å². The van der Waals surface area contributed by atoms with Gasteiger partial charge in [-0.2, -0.15) is 0 Å². The molecule has 0 spiro atoms. The van der Waals surface area contributed by atoms with E-state index < -0.39 is 5.60 Å². The molecular formula is C12H21N3O2S. The first kappa shape index (κ1) is 14.9. The fourth-order valence-electron chi connectivity index (χ4n) is 1.49. The molecule has 6 heteroatoms. The predicted octanol–water partition coefficient (Wildman–Crippen LogP) is 0.895. The number of nitrogens with zero attached hydrogens (tertiary/aromatic N) is 1. The minimum Gasteiger partial charge on any atom is -0.383 e. The quantitative estimate of drug-likeness (QED) is 0.530. The molecule has 1 aromatic rings. The van der Waals surface area contributed by atoms with E-state index in [4.69, 9.17) is 10.5 Å². The van der Waals surface area contributed by atoms with Crippen molar-refractivity contribution in [3.05, 3.63) is 22.4 Å². The fraction of sp³-hybridized carbons (Fsp3) is 0.583. The van der Waals surface area contributed by atoms with Crippen LogP contribution in [0.3, 0.4) is 0 Å². The summed E-state index contributed by atoms with van der Waals surface area (Å²) in [7, 11) is 1.63. The predicted molar refractivity (Wildman–Crippen MR) is 74.9 cm³/mol. The minimum absolute atomic E-state index is 0.0884. The maximum atomic E-state index is 10.3. The maximum absolute atomic E-state index is 10.3. The highest BCUT2D eigenvalue weighted by atomic mass is 32.1. The van der Waals surface area contributed by atoms with Crippen LogP contribution in [0.15, 0.2) is 22.5 Å².